The van der Waals surface area contributed by atoms with Crippen LogP contribution < -0.4 is 10.2 Å². The van der Waals surface area contributed by atoms with Crippen molar-refractivity contribution in [2.75, 3.05) is 11.4 Å². The van der Waals surface area contributed by atoms with E-state index in [2.05, 4.69) is 20.9 Å². The minimum Gasteiger partial charge on any atom is -0.352 e. The van der Waals surface area contributed by atoms with Crippen LogP contribution in [0.4, 0.5) is 5.69 Å². The Labute approximate surface area is 146 Å². The molecule has 0 aliphatic carbocycles. The van der Waals surface area contributed by atoms with E-state index < -0.39 is 0 Å². The average molecular weight is 338 g/mol. The minimum absolute atomic E-state index is 0.00409. The Kier molecular flexibility index (Phi) is 4.26. The molecule has 130 valence electrons. The summed E-state index contributed by atoms with van der Waals surface area (Å²) in [5, 5.41) is 3.10. The quantitative estimate of drug-likeness (QED) is 0.922. The first-order chi connectivity index (χ1) is 12.2. The number of anilines is 1. The molecule has 1 aromatic heterocycles. The van der Waals surface area contributed by atoms with E-state index in [4.69, 9.17) is 0 Å². The van der Waals surface area contributed by atoms with Crippen molar-refractivity contribution in [1.82, 2.24) is 14.9 Å². The molecule has 2 aromatic rings. The van der Waals surface area contributed by atoms with E-state index in [1.807, 2.05) is 24.4 Å². The fourth-order valence-corrected chi connectivity index (χ4v) is 3.74. The predicted molar refractivity (Wildman–Crippen MR) is 94.2 cm³/mol. The summed E-state index contributed by atoms with van der Waals surface area (Å²) in [4.78, 5) is 30.7. The maximum Gasteiger partial charge on any atom is 0.227 e. The van der Waals surface area contributed by atoms with Crippen molar-refractivity contribution in [3.05, 3.63) is 48.0 Å². The van der Waals surface area contributed by atoms with E-state index in [0.29, 0.717) is 19.4 Å². The molecule has 4 rings (SSSR count). The lowest BCUT2D eigenvalue weighted by Gasteiger charge is -2.30. The summed E-state index contributed by atoms with van der Waals surface area (Å²) < 4.78 is 2.10. The highest BCUT2D eigenvalue weighted by molar-refractivity contribution is 5.97. The number of fused-ring (bicyclic) bond motifs is 2. The third-order valence-corrected chi connectivity index (χ3v) is 5.05. The Bertz CT molecular complexity index is 798. The number of imidazole rings is 1. The van der Waals surface area contributed by atoms with Crippen LogP contribution in [0.1, 0.15) is 30.7 Å². The van der Waals surface area contributed by atoms with Crippen molar-refractivity contribution in [1.29, 1.82) is 0 Å². The molecule has 1 N–H and O–H groups in total. The third-order valence-electron chi connectivity index (χ3n) is 5.05. The zero-order chi connectivity index (χ0) is 17.2. The molecule has 0 saturated carbocycles. The number of aromatic nitrogens is 2. The molecule has 25 heavy (non-hydrogen) atoms. The maximum absolute atomic E-state index is 12.3. The standard InChI is InChI=1S/C19H22N4O2/c24-18(21-15-6-7-17-20-10-12-22(17)13-15)9-11-23-16-4-2-1-3-14(16)5-8-19(23)25/h1-4,10,12,15H,5-9,11,13H2,(H,21,24). The molecule has 0 bridgehead atoms. The van der Waals surface area contributed by atoms with Crippen molar-refractivity contribution >= 4 is 17.5 Å². The SMILES string of the molecule is O=C(CCN1C(=O)CCc2ccccc21)NC1CCc2nccn2C1. The van der Waals surface area contributed by atoms with E-state index in [9.17, 15) is 9.59 Å². The van der Waals surface area contributed by atoms with Crippen molar-refractivity contribution < 1.29 is 9.59 Å². The summed E-state index contributed by atoms with van der Waals surface area (Å²) in [7, 11) is 0. The van der Waals surface area contributed by atoms with Crippen molar-refractivity contribution in [2.45, 2.75) is 44.7 Å². The molecule has 0 spiro atoms. The molecule has 3 heterocycles. The molecule has 1 atom stereocenters. The molecule has 0 fully saturated rings. The normalized spacial score (nSPS) is 19.3. The summed E-state index contributed by atoms with van der Waals surface area (Å²) in [6, 6.07) is 8.09. The van der Waals surface area contributed by atoms with Crippen LogP contribution in [0.3, 0.4) is 0 Å². The molecule has 2 amide bonds. The van der Waals surface area contributed by atoms with Gasteiger partial charge in [-0.2, -0.15) is 0 Å². The Hall–Kier alpha value is -2.63. The van der Waals surface area contributed by atoms with E-state index in [0.717, 1.165) is 37.3 Å². The molecule has 2 aliphatic heterocycles. The van der Waals surface area contributed by atoms with Crippen LogP contribution in [-0.2, 0) is 29.0 Å². The molecular weight excluding hydrogens is 316 g/mol. The second-order valence-corrected chi connectivity index (χ2v) is 6.72. The van der Waals surface area contributed by atoms with Gasteiger partial charge in [0, 0.05) is 56.5 Å². The van der Waals surface area contributed by atoms with Crippen LogP contribution in [0.25, 0.3) is 0 Å². The summed E-state index contributed by atoms with van der Waals surface area (Å²) >= 11 is 0. The van der Waals surface area contributed by atoms with Gasteiger partial charge in [-0.25, -0.2) is 4.98 Å². The number of hydrogen-bond acceptors (Lipinski definition) is 3. The Morgan fingerprint density at radius 3 is 3.04 bits per heavy atom. The lowest BCUT2D eigenvalue weighted by atomic mass is 10.0. The fraction of sp³-hybridized carbons (Fsp3) is 0.421. The summed E-state index contributed by atoms with van der Waals surface area (Å²) in [6.45, 7) is 1.21. The van der Waals surface area contributed by atoms with Gasteiger partial charge < -0.3 is 14.8 Å². The Morgan fingerprint density at radius 1 is 1.24 bits per heavy atom. The number of aryl methyl sites for hydroxylation is 2. The summed E-state index contributed by atoms with van der Waals surface area (Å²) in [5.74, 6) is 1.19. The number of amides is 2. The fourth-order valence-electron chi connectivity index (χ4n) is 3.74. The molecule has 0 saturated heterocycles. The second kappa shape index (κ2) is 6.70. The molecule has 2 aliphatic rings. The van der Waals surface area contributed by atoms with Gasteiger partial charge in [0.15, 0.2) is 0 Å². The van der Waals surface area contributed by atoms with Crippen LogP contribution in [0, 0.1) is 0 Å². The Morgan fingerprint density at radius 2 is 2.12 bits per heavy atom. The molecule has 6 nitrogen and oxygen atoms in total. The number of carbonyl (C=O) groups is 2. The molecule has 0 radical (unpaired) electrons. The zero-order valence-corrected chi connectivity index (χ0v) is 14.1. The van der Waals surface area contributed by atoms with Gasteiger partial charge in [-0.05, 0) is 24.5 Å². The van der Waals surface area contributed by atoms with E-state index >= 15 is 0 Å². The maximum atomic E-state index is 12.3. The van der Waals surface area contributed by atoms with Gasteiger partial charge in [0.1, 0.15) is 5.82 Å². The molecule has 1 unspecified atom stereocenters. The van der Waals surface area contributed by atoms with E-state index in [1.54, 1.807) is 11.1 Å². The van der Waals surface area contributed by atoms with Gasteiger partial charge in [-0.1, -0.05) is 18.2 Å². The highest BCUT2D eigenvalue weighted by Crippen LogP contribution is 2.27. The van der Waals surface area contributed by atoms with Crippen molar-refractivity contribution in [2.24, 2.45) is 0 Å². The van der Waals surface area contributed by atoms with Crippen LogP contribution in [0.15, 0.2) is 36.7 Å². The number of rotatable bonds is 4. The van der Waals surface area contributed by atoms with Gasteiger partial charge >= 0.3 is 0 Å². The van der Waals surface area contributed by atoms with Gasteiger partial charge in [-0.15, -0.1) is 0 Å². The second-order valence-electron chi connectivity index (χ2n) is 6.72. The van der Waals surface area contributed by atoms with Crippen LogP contribution in [0.5, 0.6) is 0 Å². The first kappa shape index (κ1) is 15.9. The highest BCUT2D eigenvalue weighted by Gasteiger charge is 2.25. The third kappa shape index (κ3) is 3.29. The topological polar surface area (TPSA) is 67.2 Å². The summed E-state index contributed by atoms with van der Waals surface area (Å²) in [6.07, 6.45) is 7.19. The van der Waals surface area contributed by atoms with Gasteiger partial charge in [0.05, 0.1) is 0 Å². The van der Waals surface area contributed by atoms with Gasteiger partial charge in [0.2, 0.25) is 11.8 Å². The zero-order valence-electron chi connectivity index (χ0n) is 14.1. The number of para-hydroxylation sites is 1. The number of nitrogens with one attached hydrogen (secondary N) is 1. The lowest BCUT2D eigenvalue weighted by molar-refractivity contribution is -0.122. The average Bonchev–Trinajstić information content (AvgIpc) is 3.08. The molecule has 1 aromatic carbocycles. The van der Waals surface area contributed by atoms with Crippen LogP contribution in [-0.4, -0.2) is 34.0 Å². The van der Waals surface area contributed by atoms with Crippen molar-refractivity contribution in [3.8, 4) is 0 Å². The van der Waals surface area contributed by atoms with Crippen molar-refractivity contribution in [3.63, 3.8) is 0 Å². The lowest BCUT2D eigenvalue weighted by Crippen LogP contribution is -2.43. The molecule has 6 heteroatoms. The minimum atomic E-state index is 0.00409. The number of benzene rings is 1. The van der Waals surface area contributed by atoms with E-state index in [-0.39, 0.29) is 17.9 Å². The van der Waals surface area contributed by atoms with Crippen LogP contribution >= 0.6 is 0 Å². The van der Waals surface area contributed by atoms with E-state index in [1.165, 1.54) is 5.56 Å². The molecular formula is C19H22N4O2. The monoisotopic (exact) mass is 338 g/mol. The predicted octanol–water partition coefficient (Wildman–Crippen LogP) is 1.68. The number of hydrogen-bond donors (Lipinski definition) is 1. The highest BCUT2D eigenvalue weighted by atomic mass is 16.2. The first-order valence-corrected chi connectivity index (χ1v) is 8.88. The van der Waals surface area contributed by atoms with Gasteiger partial charge in [0.25, 0.3) is 0 Å². The number of carbonyl (C=O) groups excluding carboxylic acids is 2. The first-order valence-electron chi connectivity index (χ1n) is 8.88. The Balaban J connectivity index is 1.34. The van der Waals surface area contributed by atoms with Crippen LogP contribution in [0.2, 0.25) is 0 Å². The largest absolute Gasteiger partial charge is 0.352 e. The smallest absolute Gasteiger partial charge is 0.227 e. The summed E-state index contributed by atoms with van der Waals surface area (Å²) in [5.41, 5.74) is 2.13. The van der Waals surface area contributed by atoms with Gasteiger partial charge in [-0.3, -0.25) is 9.59 Å². The number of nitrogens with zero attached hydrogens (tertiary/aromatic N) is 3.